The molecule has 1 aliphatic rings. The van der Waals surface area contributed by atoms with Crippen molar-refractivity contribution in [3.05, 3.63) is 48.3 Å². The number of carbonyl (C=O) groups is 2. The summed E-state index contributed by atoms with van der Waals surface area (Å²) in [7, 11) is 0. The number of hydrogen-bond donors (Lipinski definition) is 1. The summed E-state index contributed by atoms with van der Waals surface area (Å²) >= 11 is 0. The van der Waals surface area contributed by atoms with Gasteiger partial charge in [0.05, 0.1) is 0 Å². The molecule has 0 saturated heterocycles. The lowest BCUT2D eigenvalue weighted by atomic mass is 10.1. The predicted molar refractivity (Wildman–Crippen MR) is 77.3 cm³/mol. The number of rotatable bonds is 2. The van der Waals surface area contributed by atoms with E-state index >= 15 is 0 Å². The van der Waals surface area contributed by atoms with E-state index in [0.717, 1.165) is 11.3 Å². The van der Waals surface area contributed by atoms with Gasteiger partial charge in [0.15, 0.2) is 0 Å². The molecular weight excluding hydrogens is 268 g/mol. The molecule has 6 heteroatoms. The van der Waals surface area contributed by atoms with Crippen LogP contribution in [0.25, 0.3) is 0 Å². The van der Waals surface area contributed by atoms with Gasteiger partial charge in [-0.3, -0.25) is 14.3 Å². The van der Waals surface area contributed by atoms with Gasteiger partial charge in [-0.15, -0.1) is 0 Å². The molecule has 3 rings (SSSR count). The summed E-state index contributed by atoms with van der Waals surface area (Å²) in [6.45, 7) is 2.28. The smallest absolute Gasteiger partial charge is 0.246 e. The number of para-hydroxylation sites is 1. The molecule has 1 aromatic heterocycles. The zero-order chi connectivity index (χ0) is 14.8. The van der Waals surface area contributed by atoms with E-state index in [1.807, 2.05) is 24.3 Å². The summed E-state index contributed by atoms with van der Waals surface area (Å²) < 4.78 is 1.56. The molecule has 0 bridgehead atoms. The number of nitrogens with one attached hydrogen (secondary N) is 1. The predicted octanol–water partition coefficient (Wildman–Crippen LogP) is 1.25. The number of fused-ring (bicyclic) bond motifs is 1. The first-order chi connectivity index (χ1) is 10.1. The monoisotopic (exact) mass is 284 g/mol. The van der Waals surface area contributed by atoms with Crippen molar-refractivity contribution in [2.24, 2.45) is 0 Å². The van der Waals surface area contributed by atoms with Crippen LogP contribution in [-0.2, 0) is 22.7 Å². The molecule has 6 nitrogen and oxygen atoms in total. The van der Waals surface area contributed by atoms with Crippen molar-refractivity contribution in [3.63, 3.8) is 0 Å². The molecule has 0 radical (unpaired) electrons. The van der Waals surface area contributed by atoms with Crippen LogP contribution < -0.4 is 5.32 Å². The van der Waals surface area contributed by atoms with E-state index in [0.29, 0.717) is 6.54 Å². The third-order valence-electron chi connectivity index (χ3n) is 3.64. The molecule has 2 aromatic rings. The Morgan fingerprint density at radius 1 is 1.38 bits per heavy atom. The highest BCUT2D eigenvalue weighted by molar-refractivity contribution is 5.98. The Morgan fingerprint density at radius 3 is 2.95 bits per heavy atom. The molecule has 0 saturated carbocycles. The molecule has 108 valence electrons. The molecule has 1 N–H and O–H groups in total. The molecule has 1 aromatic carbocycles. The van der Waals surface area contributed by atoms with Crippen LogP contribution in [0.15, 0.2) is 42.7 Å². The Morgan fingerprint density at radius 2 is 2.19 bits per heavy atom. The maximum absolute atomic E-state index is 12.5. The first-order valence-corrected chi connectivity index (χ1v) is 6.81. The highest BCUT2D eigenvalue weighted by Crippen LogP contribution is 2.23. The summed E-state index contributed by atoms with van der Waals surface area (Å²) in [5.41, 5.74) is 1.70. The quantitative estimate of drug-likeness (QED) is 0.902. The van der Waals surface area contributed by atoms with Crippen molar-refractivity contribution in [2.45, 2.75) is 26.1 Å². The number of benzene rings is 1. The second-order valence-corrected chi connectivity index (χ2v) is 5.05. The van der Waals surface area contributed by atoms with E-state index in [4.69, 9.17) is 0 Å². The maximum atomic E-state index is 12.5. The zero-order valence-electron chi connectivity index (χ0n) is 11.7. The fraction of sp³-hybridized carbons (Fsp3) is 0.267. The van der Waals surface area contributed by atoms with E-state index in [1.54, 1.807) is 35.0 Å². The summed E-state index contributed by atoms with van der Waals surface area (Å²) in [5, 5.41) is 6.89. The van der Waals surface area contributed by atoms with E-state index in [1.165, 1.54) is 0 Å². The lowest BCUT2D eigenvalue weighted by molar-refractivity contribution is -0.139. The Hall–Kier alpha value is -2.63. The summed E-state index contributed by atoms with van der Waals surface area (Å²) in [6.07, 6.45) is 3.36. The van der Waals surface area contributed by atoms with Gasteiger partial charge in [-0.1, -0.05) is 18.2 Å². The van der Waals surface area contributed by atoms with Crippen LogP contribution in [0.4, 0.5) is 5.69 Å². The van der Waals surface area contributed by atoms with Crippen LogP contribution in [0.1, 0.15) is 12.5 Å². The van der Waals surface area contributed by atoms with E-state index in [2.05, 4.69) is 10.4 Å². The van der Waals surface area contributed by atoms with Gasteiger partial charge in [-0.25, -0.2) is 0 Å². The van der Waals surface area contributed by atoms with E-state index < -0.39 is 6.04 Å². The second kappa shape index (κ2) is 5.40. The van der Waals surface area contributed by atoms with Crippen molar-refractivity contribution in [3.8, 4) is 0 Å². The van der Waals surface area contributed by atoms with Gasteiger partial charge in [0.1, 0.15) is 12.6 Å². The number of aromatic nitrogens is 2. The van der Waals surface area contributed by atoms with Crippen LogP contribution in [0.5, 0.6) is 0 Å². The van der Waals surface area contributed by atoms with E-state index in [9.17, 15) is 9.59 Å². The van der Waals surface area contributed by atoms with Crippen LogP contribution in [0.2, 0.25) is 0 Å². The van der Waals surface area contributed by atoms with Crippen LogP contribution in [0.3, 0.4) is 0 Å². The van der Waals surface area contributed by atoms with Crippen molar-refractivity contribution >= 4 is 17.5 Å². The van der Waals surface area contributed by atoms with Crippen molar-refractivity contribution in [1.29, 1.82) is 0 Å². The van der Waals surface area contributed by atoms with Crippen molar-refractivity contribution in [1.82, 2.24) is 14.7 Å². The van der Waals surface area contributed by atoms with Gasteiger partial charge < -0.3 is 10.2 Å². The van der Waals surface area contributed by atoms with Gasteiger partial charge in [0, 0.05) is 24.6 Å². The molecule has 0 aliphatic carbocycles. The third kappa shape index (κ3) is 2.65. The fourth-order valence-electron chi connectivity index (χ4n) is 2.41. The molecule has 1 unspecified atom stereocenters. The molecule has 1 aliphatic heterocycles. The van der Waals surface area contributed by atoms with Crippen molar-refractivity contribution < 1.29 is 9.59 Å². The zero-order valence-corrected chi connectivity index (χ0v) is 11.7. The Balaban J connectivity index is 1.86. The lowest BCUT2D eigenvalue weighted by Gasteiger charge is -2.25. The van der Waals surface area contributed by atoms with Crippen LogP contribution in [0, 0.1) is 0 Å². The molecule has 21 heavy (non-hydrogen) atoms. The maximum Gasteiger partial charge on any atom is 0.246 e. The van der Waals surface area contributed by atoms with Gasteiger partial charge in [-0.2, -0.15) is 5.10 Å². The normalized spacial score (nSPS) is 17.9. The topological polar surface area (TPSA) is 67.2 Å². The second-order valence-electron chi connectivity index (χ2n) is 5.05. The first-order valence-electron chi connectivity index (χ1n) is 6.81. The first kappa shape index (κ1) is 13.4. The average molecular weight is 284 g/mol. The number of hydrogen-bond acceptors (Lipinski definition) is 3. The highest BCUT2D eigenvalue weighted by Gasteiger charge is 2.30. The number of anilines is 1. The van der Waals surface area contributed by atoms with Gasteiger partial charge in [-0.05, 0) is 24.6 Å². The standard InChI is InChI=1S/C15H16N4O2/c1-11-15(21)17-13-6-3-2-5-12(13)9-19(11)14(20)10-18-8-4-7-16-18/h2-8,11H,9-10H2,1H3,(H,17,21). The van der Waals surface area contributed by atoms with E-state index in [-0.39, 0.29) is 18.4 Å². The summed E-state index contributed by atoms with van der Waals surface area (Å²) in [5.74, 6) is -0.299. The van der Waals surface area contributed by atoms with Gasteiger partial charge in [0.2, 0.25) is 11.8 Å². The largest absolute Gasteiger partial charge is 0.325 e. The summed E-state index contributed by atoms with van der Waals surface area (Å²) in [6, 6.07) is 8.78. The molecule has 2 amide bonds. The number of amides is 2. The fourth-order valence-corrected chi connectivity index (χ4v) is 2.41. The minimum atomic E-state index is -0.513. The molecule has 1 atom stereocenters. The number of nitrogens with zero attached hydrogens (tertiary/aromatic N) is 3. The lowest BCUT2D eigenvalue weighted by Crippen LogP contribution is -2.44. The minimum Gasteiger partial charge on any atom is -0.325 e. The highest BCUT2D eigenvalue weighted by atomic mass is 16.2. The van der Waals surface area contributed by atoms with Crippen LogP contribution >= 0.6 is 0 Å². The Labute approximate surface area is 122 Å². The third-order valence-corrected chi connectivity index (χ3v) is 3.64. The number of carbonyl (C=O) groups excluding carboxylic acids is 2. The van der Waals surface area contributed by atoms with Crippen LogP contribution in [-0.4, -0.2) is 32.5 Å². The van der Waals surface area contributed by atoms with Gasteiger partial charge in [0.25, 0.3) is 0 Å². The summed E-state index contributed by atoms with van der Waals surface area (Å²) in [4.78, 5) is 26.2. The Bertz CT molecular complexity index is 666. The van der Waals surface area contributed by atoms with Crippen molar-refractivity contribution in [2.75, 3.05) is 5.32 Å². The minimum absolute atomic E-state index is 0.127. The molecule has 0 fully saturated rings. The SMILES string of the molecule is CC1C(=O)Nc2ccccc2CN1C(=O)Cn1cccn1. The average Bonchev–Trinajstić information content (AvgIpc) is 2.93. The van der Waals surface area contributed by atoms with Gasteiger partial charge >= 0.3 is 0 Å². The molecule has 0 spiro atoms. The molecule has 2 heterocycles. The molecular formula is C15H16N4O2. The Kier molecular flexibility index (Phi) is 3.43.